The highest BCUT2D eigenvalue weighted by atomic mass is 31.3. The number of aliphatic hydroxyl groups excluding tert-OH is 2. The number of phosphoric acid groups is 2. The summed E-state index contributed by atoms with van der Waals surface area (Å²) in [4.78, 5) is 61.9. The second-order valence-electron chi connectivity index (χ2n) is 17.7. The number of esters is 2. The summed E-state index contributed by atoms with van der Waals surface area (Å²) in [7, 11) is -10.8. The monoisotopic (exact) mass is 1010 g/mol. The van der Waals surface area contributed by atoms with E-state index in [0.29, 0.717) is 12.8 Å². The molecule has 3 unspecified atom stereocenters. The maximum atomic E-state index is 12.8. The van der Waals surface area contributed by atoms with Gasteiger partial charge in [0.15, 0.2) is 12.3 Å². The molecule has 0 saturated carbocycles. The molecule has 0 spiro atoms. The Bertz CT molecular complexity index is 1730. The lowest BCUT2D eigenvalue weighted by Gasteiger charge is -2.21. The summed E-state index contributed by atoms with van der Waals surface area (Å²) in [6, 6.07) is 1.25. The average molecular weight is 1010 g/mol. The number of phosphoric ester groups is 2. The molecule has 0 aromatic carbocycles. The number of nitrogens with zero attached hydrogens (tertiary/aromatic N) is 2. The number of carbonyl (C=O) groups is 2. The third-order valence-electron chi connectivity index (χ3n) is 11.5. The van der Waals surface area contributed by atoms with Gasteiger partial charge in [0.1, 0.15) is 30.7 Å². The van der Waals surface area contributed by atoms with Crippen molar-refractivity contribution in [3.8, 4) is 0 Å². The molecule has 2 rings (SSSR count). The van der Waals surface area contributed by atoms with E-state index >= 15 is 0 Å². The molecule has 1 aliphatic rings. The summed E-state index contributed by atoms with van der Waals surface area (Å²) >= 11 is 0. The fraction of sp³-hybridized carbons (Fsp3) is 0.792. The molecule has 1 saturated heterocycles. The minimum atomic E-state index is -5.42. The van der Waals surface area contributed by atoms with Gasteiger partial charge in [-0.15, -0.1) is 0 Å². The molecule has 1 aromatic heterocycles. The molecule has 0 aliphatic carbocycles. The van der Waals surface area contributed by atoms with Gasteiger partial charge in [0, 0.05) is 19.0 Å². The molecule has 18 nitrogen and oxygen atoms in total. The lowest BCUT2D eigenvalue weighted by atomic mass is 10.1. The largest absolute Gasteiger partial charge is 0.481 e. The Morgan fingerprint density at radius 1 is 0.691 bits per heavy atom. The van der Waals surface area contributed by atoms with Crippen LogP contribution in [0.3, 0.4) is 0 Å². The van der Waals surface area contributed by atoms with Gasteiger partial charge in [-0.2, -0.15) is 9.29 Å². The number of hydrogen-bond donors (Lipinski definition) is 5. The second kappa shape index (κ2) is 37.1. The van der Waals surface area contributed by atoms with Gasteiger partial charge >= 0.3 is 33.3 Å². The van der Waals surface area contributed by atoms with Crippen molar-refractivity contribution in [2.75, 3.05) is 25.6 Å². The number of anilines is 1. The van der Waals surface area contributed by atoms with Crippen molar-refractivity contribution in [1.82, 2.24) is 9.55 Å². The Balaban J connectivity index is 1.81. The van der Waals surface area contributed by atoms with Crippen molar-refractivity contribution < 1.29 is 66.3 Å². The van der Waals surface area contributed by atoms with E-state index in [1.165, 1.54) is 82.9 Å². The van der Waals surface area contributed by atoms with Crippen molar-refractivity contribution in [2.45, 2.75) is 224 Å². The van der Waals surface area contributed by atoms with Crippen LogP contribution in [0.1, 0.15) is 200 Å². The second-order valence-corrected chi connectivity index (χ2v) is 20.7. The molecule has 1 fully saturated rings. The van der Waals surface area contributed by atoms with E-state index in [-0.39, 0.29) is 18.7 Å². The number of unbranched alkanes of at least 4 members (excludes halogenated alkanes) is 22. The zero-order chi connectivity index (χ0) is 49.9. The van der Waals surface area contributed by atoms with E-state index in [9.17, 15) is 43.5 Å². The summed E-state index contributed by atoms with van der Waals surface area (Å²) in [5, 5.41) is 20.9. The first-order chi connectivity index (χ1) is 32.7. The number of hydrogen-bond acceptors (Lipinski definition) is 15. The highest BCUT2D eigenvalue weighted by Crippen LogP contribution is 2.60. The smallest absolute Gasteiger partial charge is 0.462 e. The van der Waals surface area contributed by atoms with Crippen LogP contribution in [0.5, 0.6) is 0 Å². The number of nitrogen functional groups attached to an aromatic ring is 1. The Labute approximate surface area is 405 Å². The number of nitrogens with two attached hydrogens (primary N) is 1. The Kier molecular flexibility index (Phi) is 33.5. The molecular weight excluding hydrogens is 920 g/mol. The van der Waals surface area contributed by atoms with Crippen molar-refractivity contribution in [3.63, 3.8) is 0 Å². The van der Waals surface area contributed by atoms with Crippen molar-refractivity contribution in [3.05, 3.63) is 47.1 Å². The van der Waals surface area contributed by atoms with E-state index in [4.69, 9.17) is 29.0 Å². The Morgan fingerprint density at radius 2 is 1.15 bits per heavy atom. The molecule has 0 amide bonds. The number of aliphatic hydroxyl groups is 2. The molecule has 2 heterocycles. The van der Waals surface area contributed by atoms with Crippen molar-refractivity contribution in [2.24, 2.45) is 0 Å². The highest BCUT2D eigenvalue weighted by molar-refractivity contribution is 7.61. The van der Waals surface area contributed by atoms with E-state index in [0.717, 1.165) is 88.0 Å². The first kappa shape index (κ1) is 61.4. The predicted octanol–water partition coefficient (Wildman–Crippen LogP) is 10.2. The third-order valence-corrected chi connectivity index (χ3v) is 14.1. The lowest BCUT2D eigenvalue weighted by Crippen LogP contribution is -2.36. The number of allylic oxidation sites excluding steroid dienone is 4. The lowest BCUT2D eigenvalue weighted by molar-refractivity contribution is -0.161. The van der Waals surface area contributed by atoms with Crippen LogP contribution < -0.4 is 11.4 Å². The molecule has 0 radical (unpaired) electrons. The average Bonchev–Trinajstić information content (AvgIpc) is 3.57. The fourth-order valence-corrected chi connectivity index (χ4v) is 9.65. The van der Waals surface area contributed by atoms with Gasteiger partial charge in [-0.05, 0) is 70.3 Å². The van der Waals surface area contributed by atoms with Crippen LogP contribution in [0.25, 0.3) is 0 Å². The minimum Gasteiger partial charge on any atom is -0.462 e. The van der Waals surface area contributed by atoms with E-state index in [1.54, 1.807) is 0 Å². The van der Waals surface area contributed by atoms with Gasteiger partial charge < -0.3 is 39.9 Å². The number of aromatic nitrogens is 2. The molecule has 68 heavy (non-hydrogen) atoms. The summed E-state index contributed by atoms with van der Waals surface area (Å²) in [5.41, 5.74) is 4.59. The molecular formula is C48H85N3O15P2. The van der Waals surface area contributed by atoms with Crippen LogP contribution in [-0.4, -0.2) is 85.7 Å². The first-order valence-corrected chi connectivity index (χ1v) is 28.3. The quantitative estimate of drug-likeness (QED) is 0.0176. The minimum absolute atomic E-state index is 0.0412. The summed E-state index contributed by atoms with van der Waals surface area (Å²) in [5.74, 6) is -1.30. The SMILES string of the molecule is CCCCCC/C=C\CCCCCCCCCC(=O)OC[C@H](COP(=O)(O)OP(=O)(O)OC[C@H]1O[C@@H](n2ccc(N)nc2=O)C(O)[C@H]1O)OC(=O)CCCCCCC/C=C\CCCCCCCC. The van der Waals surface area contributed by atoms with Crippen LogP contribution in [0.15, 0.2) is 41.4 Å². The van der Waals surface area contributed by atoms with E-state index in [2.05, 4.69) is 47.4 Å². The van der Waals surface area contributed by atoms with Crippen LogP contribution in [0, 0.1) is 0 Å². The van der Waals surface area contributed by atoms with Crippen molar-refractivity contribution in [1.29, 1.82) is 0 Å². The van der Waals surface area contributed by atoms with E-state index in [1.807, 2.05) is 0 Å². The first-order valence-electron chi connectivity index (χ1n) is 25.3. The van der Waals surface area contributed by atoms with Crippen LogP contribution in [0.4, 0.5) is 5.82 Å². The molecule has 1 aromatic rings. The highest BCUT2D eigenvalue weighted by Gasteiger charge is 2.46. The van der Waals surface area contributed by atoms with E-state index < -0.39 is 83.7 Å². The van der Waals surface area contributed by atoms with Gasteiger partial charge in [-0.1, -0.05) is 141 Å². The zero-order valence-corrected chi connectivity index (χ0v) is 42.7. The standard InChI is InChI=1S/C48H85N3O15P2/c1-3-5-7-9-11-13-15-17-19-21-23-25-27-29-31-33-43(52)61-37-40(64-44(53)34-32-30-28-26-24-22-20-18-16-14-12-10-8-6-4-2)38-62-67(57,58)66-68(59,60)63-39-41-45(54)46(55)47(65-41)51-36-35-42(49)50-48(51)56/h13,15,18,20,35-36,40-41,45-47,54-55H,3-12,14,16-17,19,21-34,37-39H2,1-2H3,(H,57,58)(H,59,60)(H2,49,50,56)/b15-13-,20-18-/t40-,41-,45+,46?,47-/m1/s1. The van der Waals surface area contributed by atoms with Gasteiger partial charge in [0.05, 0.1) is 13.2 Å². The normalized spacial score (nSPS) is 19.6. The maximum Gasteiger partial charge on any atom is 0.481 e. The maximum absolute atomic E-state index is 12.8. The third kappa shape index (κ3) is 29.4. The summed E-state index contributed by atoms with van der Waals surface area (Å²) in [6.07, 6.45) is 31.1. The summed E-state index contributed by atoms with van der Waals surface area (Å²) in [6.45, 7) is 2.14. The zero-order valence-electron chi connectivity index (χ0n) is 40.9. The molecule has 7 atom stereocenters. The molecule has 20 heteroatoms. The predicted molar refractivity (Wildman–Crippen MR) is 261 cm³/mol. The van der Waals surface area contributed by atoms with Crippen LogP contribution in [-0.2, 0) is 46.3 Å². The topological polar surface area (TPSA) is 265 Å². The number of ether oxygens (including phenoxy) is 3. The number of carbonyl (C=O) groups excluding carboxylic acids is 2. The van der Waals surface area contributed by atoms with Gasteiger partial charge in [-0.25, -0.2) is 13.9 Å². The molecule has 392 valence electrons. The summed E-state index contributed by atoms with van der Waals surface area (Å²) < 4.78 is 56.8. The van der Waals surface area contributed by atoms with Crippen LogP contribution >= 0.6 is 15.6 Å². The van der Waals surface area contributed by atoms with Gasteiger partial charge in [0.25, 0.3) is 0 Å². The van der Waals surface area contributed by atoms with Crippen LogP contribution in [0.2, 0.25) is 0 Å². The molecule has 1 aliphatic heterocycles. The Hall–Kier alpha value is -2.76. The molecule has 6 N–H and O–H groups in total. The molecule has 0 bridgehead atoms. The Morgan fingerprint density at radius 3 is 1.66 bits per heavy atom. The number of rotatable bonds is 42. The van der Waals surface area contributed by atoms with Gasteiger partial charge in [-0.3, -0.25) is 23.2 Å². The van der Waals surface area contributed by atoms with Crippen molar-refractivity contribution >= 4 is 33.4 Å². The fourth-order valence-electron chi connectivity index (χ4n) is 7.54. The van der Waals surface area contributed by atoms with Gasteiger partial charge in [0.2, 0.25) is 0 Å².